The maximum Gasteiger partial charge on any atom is 0.329 e. The summed E-state index contributed by atoms with van der Waals surface area (Å²) in [5.74, 6) is -0.394. The highest BCUT2D eigenvalue weighted by Crippen LogP contribution is 2.35. The third-order valence-corrected chi connectivity index (χ3v) is 3.07. The van der Waals surface area contributed by atoms with Crippen molar-refractivity contribution in [2.24, 2.45) is 0 Å². The number of nitriles is 1. The van der Waals surface area contributed by atoms with E-state index >= 15 is 0 Å². The van der Waals surface area contributed by atoms with Gasteiger partial charge in [0.25, 0.3) is 0 Å². The molecule has 0 aliphatic heterocycles. The number of carboxylic acid groups (broad SMARTS) is 1. The SMILES string of the molecule is Cc1cc(C#N)cc(NC2(C(=O)O)CCC2)n1. The van der Waals surface area contributed by atoms with Gasteiger partial charge in [-0.2, -0.15) is 5.26 Å². The van der Waals surface area contributed by atoms with Crippen LogP contribution >= 0.6 is 0 Å². The molecule has 0 aromatic carbocycles. The van der Waals surface area contributed by atoms with Crippen LogP contribution in [-0.2, 0) is 4.79 Å². The van der Waals surface area contributed by atoms with E-state index in [2.05, 4.69) is 10.3 Å². The maximum atomic E-state index is 11.2. The number of pyridine rings is 1. The first-order chi connectivity index (χ1) is 8.05. The molecular weight excluding hydrogens is 218 g/mol. The van der Waals surface area contributed by atoms with Gasteiger partial charge in [0, 0.05) is 5.69 Å². The number of nitrogens with zero attached hydrogens (tertiary/aromatic N) is 2. The number of anilines is 1. The summed E-state index contributed by atoms with van der Waals surface area (Å²) >= 11 is 0. The molecule has 0 amide bonds. The van der Waals surface area contributed by atoms with Crippen LogP contribution in [0, 0.1) is 18.3 Å². The highest BCUT2D eigenvalue weighted by molar-refractivity contribution is 5.83. The second kappa shape index (κ2) is 4.06. The van der Waals surface area contributed by atoms with E-state index in [1.165, 1.54) is 0 Å². The predicted octanol–water partition coefficient (Wildman–Crippen LogP) is 1.68. The van der Waals surface area contributed by atoms with Gasteiger partial charge in [-0.1, -0.05) is 0 Å². The van der Waals surface area contributed by atoms with Gasteiger partial charge in [0.05, 0.1) is 11.6 Å². The lowest BCUT2D eigenvalue weighted by molar-refractivity contribution is -0.145. The summed E-state index contributed by atoms with van der Waals surface area (Å²) in [4.78, 5) is 15.4. The molecule has 1 fully saturated rings. The quantitative estimate of drug-likeness (QED) is 0.826. The maximum absolute atomic E-state index is 11.2. The Morgan fingerprint density at radius 2 is 2.29 bits per heavy atom. The summed E-state index contributed by atoms with van der Waals surface area (Å²) in [6.45, 7) is 1.78. The molecule has 17 heavy (non-hydrogen) atoms. The number of carboxylic acids is 1. The van der Waals surface area contributed by atoms with Crippen molar-refractivity contribution in [1.29, 1.82) is 5.26 Å². The molecule has 0 atom stereocenters. The van der Waals surface area contributed by atoms with Gasteiger partial charge in [-0.25, -0.2) is 9.78 Å². The topological polar surface area (TPSA) is 86.0 Å². The Hall–Kier alpha value is -2.09. The van der Waals surface area contributed by atoms with E-state index in [0.29, 0.717) is 29.9 Å². The Kier molecular flexibility index (Phi) is 2.72. The highest BCUT2D eigenvalue weighted by atomic mass is 16.4. The molecule has 0 radical (unpaired) electrons. The number of rotatable bonds is 3. The molecule has 2 rings (SSSR count). The molecule has 1 aliphatic rings. The van der Waals surface area contributed by atoms with Crippen LogP contribution in [0.25, 0.3) is 0 Å². The van der Waals surface area contributed by atoms with Crippen LogP contribution in [0.3, 0.4) is 0 Å². The van der Waals surface area contributed by atoms with E-state index in [0.717, 1.165) is 6.42 Å². The number of aromatic nitrogens is 1. The van der Waals surface area contributed by atoms with Crippen molar-refractivity contribution in [2.75, 3.05) is 5.32 Å². The van der Waals surface area contributed by atoms with Crippen LogP contribution in [0.1, 0.15) is 30.5 Å². The first kappa shape index (κ1) is 11.4. The minimum atomic E-state index is -0.895. The molecule has 1 aromatic heterocycles. The van der Waals surface area contributed by atoms with Crippen molar-refractivity contribution in [2.45, 2.75) is 31.7 Å². The Bertz CT molecular complexity index is 501. The largest absolute Gasteiger partial charge is 0.480 e. The van der Waals surface area contributed by atoms with Crippen LogP contribution in [0.4, 0.5) is 5.82 Å². The lowest BCUT2D eigenvalue weighted by atomic mass is 9.77. The summed E-state index contributed by atoms with van der Waals surface area (Å²) < 4.78 is 0. The Balaban J connectivity index is 2.27. The molecule has 0 unspecified atom stereocenters. The molecule has 1 heterocycles. The van der Waals surface area contributed by atoms with Crippen molar-refractivity contribution >= 4 is 11.8 Å². The highest BCUT2D eigenvalue weighted by Gasteiger charge is 2.44. The molecule has 1 aromatic rings. The van der Waals surface area contributed by atoms with Gasteiger partial charge in [0.2, 0.25) is 0 Å². The van der Waals surface area contributed by atoms with Crippen molar-refractivity contribution in [3.63, 3.8) is 0 Å². The fourth-order valence-corrected chi connectivity index (χ4v) is 1.96. The molecule has 1 aliphatic carbocycles. The average Bonchev–Trinajstić information content (AvgIpc) is 2.22. The van der Waals surface area contributed by atoms with Crippen molar-refractivity contribution in [1.82, 2.24) is 4.98 Å². The fourth-order valence-electron chi connectivity index (χ4n) is 1.96. The second-order valence-electron chi connectivity index (χ2n) is 4.36. The van der Waals surface area contributed by atoms with Gasteiger partial charge < -0.3 is 10.4 Å². The van der Waals surface area contributed by atoms with Gasteiger partial charge in [0.1, 0.15) is 11.4 Å². The lowest BCUT2D eigenvalue weighted by Gasteiger charge is -2.38. The standard InChI is InChI=1S/C12H13N3O2/c1-8-5-9(7-13)6-10(14-8)15-12(11(16)17)3-2-4-12/h5-6H,2-4H2,1H3,(H,14,15)(H,16,17). The van der Waals surface area contributed by atoms with Gasteiger partial charge in [0.15, 0.2) is 0 Å². The van der Waals surface area contributed by atoms with E-state index in [1.807, 2.05) is 6.07 Å². The van der Waals surface area contributed by atoms with E-state index in [-0.39, 0.29) is 0 Å². The zero-order chi connectivity index (χ0) is 12.5. The van der Waals surface area contributed by atoms with Gasteiger partial charge in [-0.05, 0) is 38.3 Å². The number of aryl methyl sites for hydroxylation is 1. The van der Waals surface area contributed by atoms with Crippen molar-refractivity contribution in [3.8, 4) is 6.07 Å². The van der Waals surface area contributed by atoms with Gasteiger partial charge in [-0.3, -0.25) is 0 Å². The van der Waals surface area contributed by atoms with Crippen LogP contribution in [0.5, 0.6) is 0 Å². The van der Waals surface area contributed by atoms with Crippen LogP contribution < -0.4 is 5.32 Å². The number of carbonyl (C=O) groups is 1. The van der Waals surface area contributed by atoms with E-state index < -0.39 is 11.5 Å². The van der Waals surface area contributed by atoms with E-state index in [9.17, 15) is 9.90 Å². The zero-order valence-electron chi connectivity index (χ0n) is 9.53. The molecular formula is C12H13N3O2. The normalized spacial score (nSPS) is 16.7. The number of nitrogens with one attached hydrogen (secondary N) is 1. The van der Waals surface area contributed by atoms with Crippen LogP contribution in [-0.4, -0.2) is 21.6 Å². The average molecular weight is 231 g/mol. The first-order valence-electron chi connectivity index (χ1n) is 5.46. The summed E-state index contributed by atoms with van der Waals surface area (Å²) in [6, 6.07) is 5.28. The predicted molar refractivity (Wildman–Crippen MR) is 61.5 cm³/mol. The summed E-state index contributed by atoms with van der Waals surface area (Å²) in [5.41, 5.74) is 0.291. The fraction of sp³-hybridized carbons (Fsp3) is 0.417. The van der Waals surface area contributed by atoms with Crippen molar-refractivity contribution in [3.05, 3.63) is 23.4 Å². The number of aliphatic carboxylic acids is 1. The molecule has 1 saturated carbocycles. The third kappa shape index (κ3) is 2.07. The summed E-state index contributed by atoms with van der Waals surface area (Å²) in [5, 5.41) is 21.0. The molecule has 5 nitrogen and oxygen atoms in total. The lowest BCUT2D eigenvalue weighted by Crippen LogP contribution is -2.52. The third-order valence-electron chi connectivity index (χ3n) is 3.07. The molecule has 5 heteroatoms. The van der Waals surface area contributed by atoms with Gasteiger partial charge >= 0.3 is 5.97 Å². The smallest absolute Gasteiger partial charge is 0.329 e. The number of hydrogen-bond acceptors (Lipinski definition) is 4. The summed E-state index contributed by atoms with van der Waals surface area (Å²) in [6.07, 6.45) is 2.09. The molecule has 0 bridgehead atoms. The van der Waals surface area contributed by atoms with Gasteiger partial charge in [-0.15, -0.1) is 0 Å². The molecule has 0 saturated heterocycles. The molecule has 88 valence electrons. The van der Waals surface area contributed by atoms with Crippen LogP contribution in [0.15, 0.2) is 12.1 Å². The monoisotopic (exact) mass is 231 g/mol. The van der Waals surface area contributed by atoms with E-state index in [1.54, 1.807) is 19.1 Å². The second-order valence-corrected chi connectivity index (χ2v) is 4.36. The Morgan fingerprint density at radius 3 is 2.76 bits per heavy atom. The van der Waals surface area contributed by atoms with Crippen LogP contribution in [0.2, 0.25) is 0 Å². The zero-order valence-corrected chi connectivity index (χ0v) is 9.53. The van der Waals surface area contributed by atoms with E-state index in [4.69, 9.17) is 5.26 Å². The minimum absolute atomic E-state index is 0.462. The number of hydrogen-bond donors (Lipinski definition) is 2. The Morgan fingerprint density at radius 1 is 1.59 bits per heavy atom. The molecule has 0 spiro atoms. The molecule has 2 N–H and O–H groups in total. The first-order valence-corrected chi connectivity index (χ1v) is 5.46. The Labute approximate surface area is 99.1 Å². The summed E-state index contributed by atoms with van der Waals surface area (Å²) in [7, 11) is 0. The minimum Gasteiger partial charge on any atom is -0.480 e. The van der Waals surface area contributed by atoms with Crippen molar-refractivity contribution < 1.29 is 9.90 Å².